The van der Waals surface area contributed by atoms with E-state index in [0.29, 0.717) is 0 Å². The van der Waals surface area contributed by atoms with Crippen molar-refractivity contribution in [3.8, 4) is 0 Å². The zero-order valence-corrected chi connectivity index (χ0v) is 11.0. The van der Waals surface area contributed by atoms with Crippen molar-refractivity contribution in [2.75, 3.05) is 11.9 Å². The molecule has 1 amide bonds. The number of unbranched alkanes of at least 4 members (excludes halogenated alkanes) is 1. The average Bonchev–Trinajstić information content (AvgIpc) is 2.59. The smallest absolute Gasteiger partial charge is 0.237 e. The molecule has 2 heteroatoms. The van der Waals surface area contributed by atoms with Crippen LogP contribution in [0.5, 0.6) is 0 Å². The lowest BCUT2D eigenvalue weighted by molar-refractivity contribution is -0.123. The molecule has 0 saturated heterocycles. The third-order valence-corrected chi connectivity index (χ3v) is 4.06. The Bertz CT molecular complexity index is 427. The van der Waals surface area contributed by atoms with Crippen molar-refractivity contribution in [2.45, 2.75) is 44.9 Å². The van der Waals surface area contributed by atoms with Crippen molar-refractivity contribution in [1.82, 2.24) is 0 Å². The summed E-state index contributed by atoms with van der Waals surface area (Å²) < 4.78 is 0. The second-order valence-electron chi connectivity index (χ2n) is 4.92. The summed E-state index contributed by atoms with van der Waals surface area (Å²) in [7, 11) is 1.89. The predicted molar refractivity (Wildman–Crippen MR) is 71.3 cm³/mol. The minimum Gasteiger partial charge on any atom is -0.314 e. The van der Waals surface area contributed by atoms with Crippen LogP contribution in [0.15, 0.2) is 24.3 Å². The van der Waals surface area contributed by atoms with Gasteiger partial charge in [0.25, 0.3) is 0 Å². The molecular formula is C15H21NO. The summed E-state index contributed by atoms with van der Waals surface area (Å²) in [6, 6.07) is 8.22. The normalized spacial score (nSPS) is 23.0. The van der Waals surface area contributed by atoms with Crippen molar-refractivity contribution < 1.29 is 4.79 Å². The zero-order chi connectivity index (χ0) is 12.5. The number of amides is 1. The predicted octanol–water partition coefficient (Wildman–Crippen LogP) is 3.50. The van der Waals surface area contributed by atoms with Crippen LogP contribution in [0.4, 0.5) is 5.69 Å². The largest absolute Gasteiger partial charge is 0.314 e. The van der Waals surface area contributed by atoms with E-state index in [1.165, 1.54) is 5.56 Å². The van der Waals surface area contributed by atoms with Gasteiger partial charge in [-0.15, -0.1) is 0 Å². The van der Waals surface area contributed by atoms with Gasteiger partial charge in [0, 0.05) is 12.7 Å². The van der Waals surface area contributed by atoms with Crippen LogP contribution in [0.2, 0.25) is 0 Å². The lowest BCUT2D eigenvalue weighted by Crippen LogP contribution is -2.38. The van der Waals surface area contributed by atoms with Crippen LogP contribution in [0.1, 0.15) is 45.1 Å². The summed E-state index contributed by atoms with van der Waals surface area (Å²) in [5.74, 6) is 0.273. The molecule has 1 aliphatic heterocycles. The summed E-state index contributed by atoms with van der Waals surface area (Å²) in [6.07, 6.45) is 4.12. The van der Waals surface area contributed by atoms with Crippen molar-refractivity contribution in [2.24, 2.45) is 0 Å². The van der Waals surface area contributed by atoms with Gasteiger partial charge in [-0.1, -0.05) is 44.9 Å². The first kappa shape index (κ1) is 12.2. The van der Waals surface area contributed by atoms with Gasteiger partial charge in [-0.2, -0.15) is 0 Å². The highest BCUT2D eigenvalue weighted by atomic mass is 16.2. The number of hydrogen-bond acceptors (Lipinski definition) is 1. The van der Waals surface area contributed by atoms with Gasteiger partial charge in [0.05, 0.1) is 5.41 Å². The maximum atomic E-state index is 12.5. The molecule has 17 heavy (non-hydrogen) atoms. The number of benzene rings is 1. The van der Waals surface area contributed by atoms with E-state index in [1.807, 2.05) is 24.1 Å². The third-order valence-electron chi connectivity index (χ3n) is 4.06. The van der Waals surface area contributed by atoms with Gasteiger partial charge in [-0.05, 0) is 24.5 Å². The molecule has 1 heterocycles. The lowest BCUT2D eigenvalue weighted by Gasteiger charge is -2.26. The van der Waals surface area contributed by atoms with Crippen LogP contribution in [-0.4, -0.2) is 13.0 Å². The summed E-state index contributed by atoms with van der Waals surface area (Å²) in [5, 5.41) is 0. The van der Waals surface area contributed by atoms with Gasteiger partial charge >= 0.3 is 0 Å². The Balaban J connectivity index is 2.49. The fourth-order valence-electron chi connectivity index (χ4n) is 2.96. The molecule has 2 rings (SSSR count). The number of rotatable bonds is 4. The Hall–Kier alpha value is -1.31. The van der Waals surface area contributed by atoms with Crippen LogP contribution in [0.25, 0.3) is 0 Å². The number of carbonyl (C=O) groups is 1. The van der Waals surface area contributed by atoms with Crippen molar-refractivity contribution in [1.29, 1.82) is 0 Å². The molecule has 1 aliphatic rings. The number of hydrogen-bond donors (Lipinski definition) is 0. The van der Waals surface area contributed by atoms with E-state index in [4.69, 9.17) is 0 Å². The highest BCUT2D eigenvalue weighted by molar-refractivity contribution is 6.07. The monoisotopic (exact) mass is 231 g/mol. The highest BCUT2D eigenvalue weighted by Gasteiger charge is 2.47. The highest BCUT2D eigenvalue weighted by Crippen LogP contribution is 2.46. The maximum Gasteiger partial charge on any atom is 0.237 e. The Morgan fingerprint density at radius 1 is 1.24 bits per heavy atom. The molecule has 0 saturated carbocycles. The van der Waals surface area contributed by atoms with E-state index in [1.54, 1.807) is 0 Å². The van der Waals surface area contributed by atoms with Crippen molar-refractivity contribution >= 4 is 11.6 Å². The number of para-hydroxylation sites is 1. The summed E-state index contributed by atoms with van der Waals surface area (Å²) in [4.78, 5) is 14.4. The molecule has 0 radical (unpaired) electrons. The fraction of sp³-hybridized carbons (Fsp3) is 0.533. The molecule has 0 fully saturated rings. The third kappa shape index (κ3) is 1.67. The van der Waals surface area contributed by atoms with Crippen molar-refractivity contribution in [3.63, 3.8) is 0 Å². The topological polar surface area (TPSA) is 20.3 Å². The Morgan fingerprint density at radius 2 is 1.94 bits per heavy atom. The molecule has 2 nitrogen and oxygen atoms in total. The second-order valence-corrected chi connectivity index (χ2v) is 4.92. The first-order valence-corrected chi connectivity index (χ1v) is 6.55. The van der Waals surface area contributed by atoms with E-state index in [0.717, 1.165) is 31.4 Å². The average molecular weight is 231 g/mol. The lowest BCUT2D eigenvalue weighted by atomic mass is 9.75. The van der Waals surface area contributed by atoms with Crippen LogP contribution in [0, 0.1) is 0 Å². The first-order valence-electron chi connectivity index (χ1n) is 6.55. The van der Waals surface area contributed by atoms with E-state index >= 15 is 0 Å². The SMILES string of the molecule is CCCCC1(CC)C(=O)N(C)c2ccccc21. The Kier molecular flexibility index (Phi) is 3.23. The molecule has 0 aromatic heterocycles. The molecule has 1 aromatic rings. The van der Waals surface area contributed by atoms with Crippen molar-refractivity contribution in [3.05, 3.63) is 29.8 Å². The fourth-order valence-corrected chi connectivity index (χ4v) is 2.96. The molecule has 0 N–H and O–H groups in total. The molecule has 1 aromatic carbocycles. The molecule has 0 aliphatic carbocycles. The Morgan fingerprint density at radius 3 is 2.59 bits per heavy atom. The standard InChI is InChI=1S/C15H21NO/c1-4-6-11-15(5-2)12-9-7-8-10-13(12)16(3)14(15)17/h7-10H,4-6,11H2,1-3H3. The van der Waals surface area contributed by atoms with Gasteiger partial charge in [0.2, 0.25) is 5.91 Å². The number of anilines is 1. The number of likely N-dealkylation sites (N-methyl/N-ethyl adjacent to an activating group) is 1. The molecule has 1 atom stereocenters. The molecule has 0 spiro atoms. The zero-order valence-electron chi connectivity index (χ0n) is 11.0. The number of carbonyl (C=O) groups excluding carboxylic acids is 1. The maximum absolute atomic E-state index is 12.5. The molecule has 0 bridgehead atoms. The molecule has 92 valence electrons. The Labute approximate surface area is 104 Å². The van der Waals surface area contributed by atoms with E-state index in [9.17, 15) is 4.79 Å². The quantitative estimate of drug-likeness (QED) is 0.776. The van der Waals surface area contributed by atoms with Crippen LogP contribution in [0.3, 0.4) is 0 Å². The number of nitrogens with zero attached hydrogens (tertiary/aromatic N) is 1. The van der Waals surface area contributed by atoms with Gasteiger partial charge in [0.15, 0.2) is 0 Å². The summed E-state index contributed by atoms with van der Waals surface area (Å²) >= 11 is 0. The van der Waals surface area contributed by atoms with Gasteiger partial charge in [-0.25, -0.2) is 0 Å². The first-order chi connectivity index (χ1) is 8.17. The van der Waals surface area contributed by atoms with Crippen LogP contribution < -0.4 is 4.90 Å². The van der Waals surface area contributed by atoms with Crippen LogP contribution >= 0.6 is 0 Å². The van der Waals surface area contributed by atoms with Gasteiger partial charge in [0.1, 0.15) is 0 Å². The van der Waals surface area contributed by atoms with Gasteiger partial charge < -0.3 is 4.90 Å². The second kappa shape index (κ2) is 4.52. The minimum absolute atomic E-state index is 0.263. The summed E-state index contributed by atoms with van der Waals surface area (Å²) in [5.41, 5.74) is 2.06. The van der Waals surface area contributed by atoms with Gasteiger partial charge in [-0.3, -0.25) is 4.79 Å². The minimum atomic E-state index is -0.263. The molecular weight excluding hydrogens is 210 g/mol. The van der Waals surface area contributed by atoms with E-state index in [2.05, 4.69) is 26.0 Å². The summed E-state index contributed by atoms with van der Waals surface area (Å²) in [6.45, 7) is 4.31. The molecule has 1 unspecified atom stereocenters. The van der Waals surface area contributed by atoms with E-state index < -0.39 is 0 Å². The van der Waals surface area contributed by atoms with Crippen LogP contribution in [-0.2, 0) is 10.2 Å². The van der Waals surface area contributed by atoms with E-state index in [-0.39, 0.29) is 11.3 Å². The number of fused-ring (bicyclic) bond motifs is 1.